The van der Waals surface area contributed by atoms with Crippen LogP contribution in [0.15, 0.2) is 53.3 Å². The number of hydrogen-bond donors (Lipinski definition) is 0. The Morgan fingerprint density at radius 2 is 1.62 bits per heavy atom. The number of halogens is 1. The highest BCUT2D eigenvalue weighted by Gasteiger charge is 2.28. The third-order valence-electron chi connectivity index (χ3n) is 5.66. The zero-order valence-corrected chi connectivity index (χ0v) is 17.3. The maximum Gasteiger partial charge on any atom is 0.275 e. The van der Waals surface area contributed by atoms with E-state index in [9.17, 15) is 9.59 Å². The van der Waals surface area contributed by atoms with Gasteiger partial charge < -0.3 is 4.90 Å². The molecule has 1 aliphatic heterocycles. The first kappa shape index (κ1) is 19.6. The molecular formula is C22H23ClN4O2. The Labute approximate surface area is 174 Å². The molecule has 0 N–H and O–H groups in total. The standard InChI is InChI=1S/C22H23ClN4O2/c1-15(16-7-5-6-10-19(16)23)26-11-13-27(14-12-26)22(29)20-17-8-3-4-9-18(17)21(28)25(2)24-20/h3-10,15H,11-14H2,1-2H3. The van der Waals surface area contributed by atoms with Crippen LogP contribution in [0.3, 0.4) is 0 Å². The summed E-state index contributed by atoms with van der Waals surface area (Å²) < 4.78 is 1.24. The molecule has 0 aliphatic carbocycles. The molecule has 2 heterocycles. The smallest absolute Gasteiger partial charge is 0.275 e. The van der Waals surface area contributed by atoms with Crippen molar-refractivity contribution in [3.63, 3.8) is 0 Å². The zero-order valence-electron chi connectivity index (χ0n) is 16.5. The molecule has 1 atom stereocenters. The summed E-state index contributed by atoms with van der Waals surface area (Å²) in [5.74, 6) is -0.137. The van der Waals surface area contributed by atoms with E-state index < -0.39 is 0 Å². The Balaban J connectivity index is 1.53. The summed E-state index contributed by atoms with van der Waals surface area (Å²) >= 11 is 6.35. The summed E-state index contributed by atoms with van der Waals surface area (Å²) in [4.78, 5) is 29.6. The Morgan fingerprint density at radius 3 is 2.31 bits per heavy atom. The van der Waals surface area contributed by atoms with Gasteiger partial charge in [-0.15, -0.1) is 0 Å². The number of nitrogens with zero attached hydrogens (tertiary/aromatic N) is 4. The molecule has 1 aliphatic rings. The number of hydrogen-bond acceptors (Lipinski definition) is 4. The van der Waals surface area contributed by atoms with Gasteiger partial charge in [-0.3, -0.25) is 14.5 Å². The molecule has 4 rings (SSSR count). The van der Waals surface area contributed by atoms with Gasteiger partial charge in [-0.25, -0.2) is 4.68 Å². The van der Waals surface area contributed by atoms with Crippen molar-refractivity contribution in [1.82, 2.24) is 19.6 Å². The number of fused-ring (bicyclic) bond motifs is 1. The van der Waals surface area contributed by atoms with E-state index in [-0.39, 0.29) is 17.5 Å². The zero-order chi connectivity index (χ0) is 20.5. The van der Waals surface area contributed by atoms with Crippen molar-refractivity contribution in [3.8, 4) is 0 Å². The van der Waals surface area contributed by atoms with Gasteiger partial charge in [-0.05, 0) is 24.6 Å². The van der Waals surface area contributed by atoms with Crippen LogP contribution in [-0.2, 0) is 7.05 Å². The van der Waals surface area contributed by atoms with Crippen molar-refractivity contribution in [2.24, 2.45) is 7.05 Å². The quantitative estimate of drug-likeness (QED) is 0.665. The molecule has 29 heavy (non-hydrogen) atoms. The molecule has 150 valence electrons. The summed E-state index contributed by atoms with van der Waals surface area (Å²) in [6.45, 7) is 4.85. The number of carbonyl (C=O) groups excluding carboxylic acids is 1. The van der Waals surface area contributed by atoms with Gasteiger partial charge in [0.15, 0.2) is 5.69 Å². The fourth-order valence-electron chi connectivity index (χ4n) is 3.93. The maximum absolute atomic E-state index is 13.2. The van der Waals surface area contributed by atoms with Crippen molar-refractivity contribution in [2.45, 2.75) is 13.0 Å². The van der Waals surface area contributed by atoms with E-state index in [0.717, 1.165) is 23.7 Å². The van der Waals surface area contributed by atoms with Gasteiger partial charge in [0.05, 0.1) is 5.39 Å². The maximum atomic E-state index is 13.2. The van der Waals surface area contributed by atoms with E-state index in [2.05, 4.69) is 16.9 Å². The van der Waals surface area contributed by atoms with Crippen LogP contribution in [0.4, 0.5) is 0 Å². The lowest BCUT2D eigenvalue weighted by molar-refractivity contribution is 0.0576. The lowest BCUT2D eigenvalue weighted by Gasteiger charge is -2.38. The summed E-state index contributed by atoms with van der Waals surface area (Å²) in [6.07, 6.45) is 0. The molecule has 0 radical (unpaired) electrons. The van der Waals surface area contributed by atoms with Crippen molar-refractivity contribution in [2.75, 3.05) is 26.2 Å². The van der Waals surface area contributed by atoms with Crippen LogP contribution in [-0.4, -0.2) is 51.7 Å². The number of aromatic nitrogens is 2. The highest BCUT2D eigenvalue weighted by Crippen LogP contribution is 2.28. The second-order valence-electron chi connectivity index (χ2n) is 7.35. The number of amides is 1. The predicted molar refractivity (Wildman–Crippen MR) is 114 cm³/mol. The highest BCUT2D eigenvalue weighted by atomic mass is 35.5. The van der Waals surface area contributed by atoms with Gasteiger partial charge in [-0.2, -0.15) is 5.10 Å². The SMILES string of the molecule is CC(c1ccccc1Cl)N1CCN(C(=O)c2nn(C)c(=O)c3ccccc23)CC1. The Morgan fingerprint density at radius 1 is 1.00 bits per heavy atom. The molecule has 0 bridgehead atoms. The molecule has 1 amide bonds. The largest absolute Gasteiger partial charge is 0.335 e. The van der Waals surface area contributed by atoms with E-state index in [4.69, 9.17) is 11.6 Å². The lowest BCUT2D eigenvalue weighted by atomic mass is 10.1. The topological polar surface area (TPSA) is 58.4 Å². The van der Waals surface area contributed by atoms with Crippen LogP contribution < -0.4 is 5.56 Å². The fourth-order valence-corrected chi connectivity index (χ4v) is 4.22. The van der Waals surface area contributed by atoms with E-state index >= 15 is 0 Å². The van der Waals surface area contributed by atoms with Crippen LogP contribution in [0.5, 0.6) is 0 Å². The number of carbonyl (C=O) groups is 1. The van der Waals surface area contributed by atoms with E-state index in [1.807, 2.05) is 35.2 Å². The summed E-state index contributed by atoms with van der Waals surface area (Å²) in [6, 6.07) is 15.2. The molecule has 1 aromatic heterocycles. The second kappa shape index (κ2) is 7.97. The molecule has 3 aromatic rings. The van der Waals surface area contributed by atoms with Crippen LogP contribution in [0, 0.1) is 0 Å². The third-order valence-corrected chi connectivity index (χ3v) is 6.01. The number of rotatable bonds is 3. The first-order valence-corrected chi connectivity index (χ1v) is 10.1. The van der Waals surface area contributed by atoms with Crippen molar-refractivity contribution in [3.05, 3.63) is 75.2 Å². The van der Waals surface area contributed by atoms with Gasteiger partial charge in [0.1, 0.15) is 0 Å². The Bertz CT molecular complexity index is 1120. The Hall–Kier alpha value is -2.70. The number of piperazine rings is 1. The second-order valence-corrected chi connectivity index (χ2v) is 7.76. The average molecular weight is 411 g/mol. The van der Waals surface area contributed by atoms with E-state index in [1.165, 1.54) is 4.68 Å². The highest BCUT2D eigenvalue weighted by molar-refractivity contribution is 6.31. The molecule has 6 nitrogen and oxygen atoms in total. The number of aryl methyl sites for hydroxylation is 1. The summed E-state index contributed by atoms with van der Waals surface area (Å²) in [5, 5.41) is 6.15. The fraction of sp³-hybridized carbons (Fsp3) is 0.318. The average Bonchev–Trinajstić information content (AvgIpc) is 2.76. The minimum absolute atomic E-state index is 0.137. The van der Waals surface area contributed by atoms with E-state index in [1.54, 1.807) is 25.2 Å². The van der Waals surface area contributed by atoms with Crippen LogP contribution >= 0.6 is 11.6 Å². The molecule has 7 heteroatoms. The van der Waals surface area contributed by atoms with Gasteiger partial charge in [0.25, 0.3) is 11.5 Å². The first-order valence-electron chi connectivity index (χ1n) is 9.71. The summed E-state index contributed by atoms with van der Waals surface area (Å²) in [7, 11) is 1.58. The van der Waals surface area contributed by atoms with Gasteiger partial charge >= 0.3 is 0 Å². The van der Waals surface area contributed by atoms with Crippen LogP contribution in [0.25, 0.3) is 10.8 Å². The van der Waals surface area contributed by atoms with Crippen molar-refractivity contribution >= 4 is 28.3 Å². The molecule has 1 unspecified atom stereocenters. The number of benzene rings is 2. The van der Waals surface area contributed by atoms with E-state index in [0.29, 0.717) is 29.6 Å². The molecule has 1 saturated heterocycles. The van der Waals surface area contributed by atoms with Crippen molar-refractivity contribution < 1.29 is 4.79 Å². The normalized spacial score (nSPS) is 16.2. The minimum atomic E-state index is -0.199. The molecule has 2 aromatic carbocycles. The van der Waals surface area contributed by atoms with Gasteiger partial charge in [-0.1, -0.05) is 48.0 Å². The van der Waals surface area contributed by atoms with Crippen molar-refractivity contribution in [1.29, 1.82) is 0 Å². The molecular weight excluding hydrogens is 388 g/mol. The predicted octanol–water partition coefficient (Wildman–Crippen LogP) is 3.11. The van der Waals surface area contributed by atoms with Crippen LogP contribution in [0.2, 0.25) is 5.02 Å². The monoisotopic (exact) mass is 410 g/mol. The first-order chi connectivity index (χ1) is 14.0. The summed E-state index contributed by atoms with van der Waals surface area (Å²) in [5.41, 5.74) is 1.23. The van der Waals surface area contributed by atoms with Gasteiger partial charge in [0.2, 0.25) is 0 Å². The molecule has 0 saturated carbocycles. The minimum Gasteiger partial charge on any atom is -0.335 e. The molecule has 1 fully saturated rings. The third kappa shape index (κ3) is 3.66. The Kier molecular flexibility index (Phi) is 5.39. The van der Waals surface area contributed by atoms with Gasteiger partial charge in [0, 0.05) is 49.7 Å². The molecule has 0 spiro atoms. The lowest BCUT2D eigenvalue weighted by Crippen LogP contribution is -2.49. The van der Waals surface area contributed by atoms with Crippen LogP contribution in [0.1, 0.15) is 29.0 Å².